The fourth-order valence-corrected chi connectivity index (χ4v) is 1.89. The summed E-state index contributed by atoms with van der Waals surface area (Å²) in [6.07, 6.45) is 1.57. The van der Waals surface area contributed by atoms with Gasteiger partial charge in [0.05, 0.1) is 23.9 Å². The Morgan fingerprint density at radius 3 is 2.79 bits per heavy atom. The molecular weight excluding hydrogens is 244 g/mol. The van der Waals surface area contributed by atoms with Crippen LogP contribution >= 0.6 is 0 Å². The molecule has 1 aromatic heterocycles. The molecule has 6 heteroatoms. The highest BCUT2D eigenvalue weighted by Crippen LogP contribution is 2.14. The van der Waals surface area contributed by atoms with Gasteiger partial charge in [0, 0.05) is 11.6 Å². The van der Waals surface area contributed by atoms with Gasteiger partial charge in [-0.2, -0.15) is 0 Å². The van der Waals surface area contributed by atoms with E-state index in [0.29, 0.717) is 5.56 Å². The fourth-order valence-electron chi connectivity index (χ4n) is 1.89. The third-order valence-electron chi connectivity index (χ3n) is 2.88. The van der Waals surface area contributed by atoms with E-state index in [0.717, 1.165) is 11.0 Å². The van der Waals surface area contributed by atoms with Crippen LogP contribution in [0.2, 0.25) is 0 Å². The first-order valence-corrected chi connectivity index (χ1v) is 6.01. The van der Waals surface area contributed by atoms with Gasteiger partial charge in [-0.1, -0.05) is 0 Å². The van der Waals surface area contributed by atoms with E-state index in [4.69, 9.17) is 5.73 Å². The Bertz CT molecular complexity index is 618. The van der Waals surface area contributed by atoms with Crippen LogP contribution in [-0.2, 0) is 4.79 Å². The summed E-state index contributed by atoms with van der Waals surface area (Å²) in [7, 11) is 0. The number of aromatic amines is 1. The van der Waals surface area contributed by atoms with Crippen LogP contribution in [0.3, 0.4) is 0 Å². The Balaban J connectivity index is 2.32. The number of nitrogens with one attached hydrogen (secondary N) is 1. The zero-order valence-electron chi connectivity index (χ0n) is 10.9. The highest BCUT2D eigenvalue weighted by atomic mass is 16.2. The number of nitrogens with zero attached hydrogens (tertiary/aromatic N) is 2. The van der Waals surface area contributed by atoms with Crippen molar-refractivity contribution in [2.75, 3.05) is 6.54 Å². The van der Waals surface area contributed by atoms with Crippen molar-refractivity contribution in [1.82, 2.24) is 14.9 Å². The van der Waals surface area contributed by atoms with E-state index in [1.54, 1.807) is 24.5 Å². The molecule has 1 aromatic carbocycles. The van der Waals surface area contributed by atoms with Gasteiger partial charge < -0.3 is 15.6 Å². The number of amides is 2. The van der Waals surface area contributed by atoms with Crippen molar-refractivity contribution in [2.24, 2.45) is 5.73 Å². The Hall–Kier alpha value is -2.37. The molecule has 0 atom stereocenters. The first-order valence-electron chi connectivity index (χ1n) is 6.01. The van der Waals surface area contributed by atoms with Crippen molar-refractivity contribution in [3.05, 3.63) is 30.1 Å². The van der Waals surface area contributed by atoms with Gasteiger partial charge in [-0.15, -0.1) is 0 Å². The van der Waals surface area contributed by atoms with Crippen LogP contribution in [0.5, 0.6) is 0 Å². The number of hydrogen-bond donors (Lipinski definition) is 2. The van der Waals surface area contributed by atoms with Crippen molar-refractivity contribution < 1.29 is 9.59 Å². The summed E-state index contributed by atoms with van der Waals surface area (Å²) in [6, 6.07) is 5.09. The fraction of sp³-hybridized carbons (Fsp3) is 0.308. The average Bonchev–Trinajstić information content (AvgIpc) is 2.81. The van der Waals surface area contributed by atoms with Gasteiger partial charge >= 0.3 is 0 Å². The maximum absolute atomic E-state index is 12.4. The van der Waals surface area contributed by atoms with Crippen LogP contribution in [-0.4, -0.2) is 39.3 Å². The van der Waals surface area contributed by atoms with Crippen molar-refractivity contribution in [1.29, 1.82) is 0 Å². The van der Waals surface area contributed by atoms with E-state index < -0.39 is 5.91 Å². The molecule has 0 saturated carbocycles. The minimum atomic E-state index is -0.523. The third kappa shape index (κ3) is 2.73. The zero-order chi connectivity index (χ0) is 14.0. The van der Waals surface area contributed by atoms with Gasteiger partial charge in [-0.25, -0.2) is 4.98 Å². The Morgan fingerprint density at radius 2 is 2.16 bits per heavy atom. The number of carbonyl (C=O) groups excluding carboxylic acids is 2. The molecule has 3 N–H and O–H groups in total. The molecule has 0 spiro atoms. The Labute approximate surface area is 110 Å². The normalized spacial score (nSPS) is 10.9. The minimum Gasteiger partial charge on any atom is -0.368 e. The van der Waals surface area contributed by atoms with Crippen molar-refractivity contribution >= 4 is 22.8 Å². The van der Waals surface area contributed by atoms with Crippen LogP contribution in [0.1, 0.15) is 24.2 Å². The Kier molecular flexibility index (Phi) is 3.50. The van der Waals surface area contributed by atoms with E-state index in [-0.39, 0.29) is 18.5 Å². The molecule has 0 aliphatic heterocycles. The maximum atomic E-state index is 12.4. The first kappa shape index (κ1) is 13.1. The molecule has 0 aliphatic carbocycles. The SMILES string of the molecule is CC(C)N(CC(N)=O)C(=O)c1ccc2nc[nH]c2c1. The smallest absolute Gasteiger partial charge is 0.254 e. The van der Waals surface area contributed by atoms with Crippen molar-refractivity contribution in [3.8, 4) is 0 Å². The third-order valence-corrected chi connectivity index (χ3v) is 2.88. The molecule has 0 fully saturated rings. The monoisotopic (exact) mass is 260 g/mol. The number of carbonyl (C=O) groups is 2. The number of nitrogens with two attached hydrogens (primary N) is 1. The molecule has 100 valence electrons. The number of H-pyrrole nitrogens is 1. The number of hydrogen-bond acceptors (Lipinski definition) is 3. The second kappa shape index (κ2) is 5.09. The van der Waals surface area contributed by atoms with Crippen LogP contribution in [0.15, 0.2) is 24.5 Å². The van der Waals surface area contributed by atoms with Crippen molar-refractivity contribution in [2.45, 2.75) is 19.9 Å². The van der Waals surface area contributed by atoms with Gasteiger partial charge in [-0.05, 0) is 32.0 Å². The van der Waals surface area contributed by atoms with Crippen LogP contribution in [0.4, 0.5) is 0 Å². The number of primary amides is 1. The van der Waals surface area contributed by atoms with Crippen LogP contribution in [0, 0.1) is 0 Å². The van der Waals surface area contributed by atoms with Crippen LogP contribution in [0.25, 0.3) is 11.0 Å². The number of aromatic nitrogens is 2. The predicted octanol–water partition coefficient (Wildman–Crippen LogP) is 0.899. The highest BCUT2D eigenvalue weighted by Gasteiger charge is 2.20. The van der Waals surface area contributed by atoms with Gasteiger partial charge in [0.25, 0.3) is 5.91 Å². The maximum Gasteiger partial charge on any atom is 0.254 e. The lowest BCUT2D eigenvalue weighted by Crippen LogP contribution is -2.42. The molecule has 0 radical (unpaired) electrons. The van der Waals surface area contributed by atoms with E-state index in [1.165, 1.54) is 4.90 Å². The summed E-state index contributed by atoms with van der Waals surface area (Å²) in [5.74, 6) is -0.741. The lowest BCUT2D eigenvalue weighted by molar-refractivity contribution is -0.119. The first-order chi connectivity index (χ1) is 8.99. The van der Waals surface area contributed by atoms with E-state index in [2.05, 4.69) is 9.97 Å². The average molecular weight is 260 g/mol. The molecule has 0 aliphatic rings. The Morgan fingerprint density at radius 1 is 1.42 bits per heavy atom. The summed E-state index contributed by atoms with van der Waals surface area (Å²) >= 11 is 0. The second-order valence-electron chi connectivity index (χ2n) is 4.63. The quantitative estimate of drug-likeness (QED) is 0.855. The molecule has 0 saturated heterocycles. The summed E-state index contributed by atoms with van der Waals surface area (Å²) < 4.78 is 0. The molecule has 1 heterocycles. The van der Waals surface area contributed by atoms with E-state index >= 15 is 0 Å². The lowest BCUT2D eigenvalue weighted by Gasteiger charge is -2.25. The largest absolute Gasteiger partial charge is 0.368 e. The van der Waals surface area contributed by atoms with E-state index in [1.807, 2.05) is 13.8 Å². The lowest BCUT2D eigenvalue weighted by atomic mass is 10.1. The molecule has 2 aromatic rings. The highest BCUT2D eigenvalue weighted by molar-refractivity contribution is 5.99. The topological polar surface area (TPSA) is 92.1 Å². The molecule has 2 amide bonds. The predicted molar refractivity (Wildman–Crippen MR) is 71.5 cm³/mol. The molecule has 2 rings (SSSR count). The summed E-state index contributed by atoms with van der Waals surface area (Å²) in [5, 5.41) is 0. The van der Waals surface area contributed by atoms with Crippen molar-refractivity contribution in [3.63, 3.8) is 0 Å². The van der Waals surface area contributed by atoms with Gasteiger partial charge in [0.15, 0.2) is 0 Å². The van der Waals surface area contributed by atoms with Crippen LogP contribution < -0.4 is 5.73 Å². The molecule has 19 heavy (non-hydrogen) atoms. The number of benzene rings is 1. The minimum absolute atomic E-state index is 0.0858. The number of fused-ring (bicyclic) bond motifs is 1. The molecular formula is C13H16N4O2. The molecule has 0 bridgehead atoms. The zero-order valence-corrected chi connectivity index (χ0v) is 10.9. The molecule has 6 nitrogen and oxygen atoms in total. The van der Waals surface area contributed by atoms with Gasteiger partial charge in [0.2, 0.25) is 5.91 Å². The van der Waals surface area contributed by atoms with Gasteiger partial charge in [0.1, 0.15) is 0 Å². The number of imidazole rings is 1. The second-order valence-corrected chi connectivity index (χ2v) is 4.63. The molecule has 0 unspecified atom stereocenters. The summed E-state index contributed by atoms with van der Waals surface area (Å²) in [4.78, 5) is 31.9. The number of rotatable bonds is 4. The standard InChI is InChI=1S/C13H16N4O2/c1-8(2)17(6-12(14)18)13(19)9-3-4-10-11(5-9)16-7-15-10/h3-5,7-8H,6H2,1-2H3,(H2,14,18)(H,15,16). The summed E-state index contributed by atoms with van der Waals surface area (Å²) in [6.45, 7) is 3.60. The summed E-state index contributed by atoms with van der Waals surface area (Å²) in [5.41, 5.74) is 7.26. The van der Waals surface area contributed by atoms with Gasteiger partial charge in [-0.3, -0.25) is 9.59 Å². The van der Waals surface area contributed by atoms with E-state index in [9.17, 15) is 9.59 Å².